The van der Waals surface area contributed by atoms with Gasteiger partial charge >= 0.3 is 5.69 Å². The second-order valence-electron chi connectivity index (χ2n) is 19.4. The zero-order valence-electron chi connectivity index (χ0n) is 39.5. The number of anilines is 1. The summed E-state index contributed by atoms with van der Waals surface area (Å²) in [4.78, 5) is 84.3. The summed E-state index contributed by atoms with van der Waals surface area (Å²) in [6, 6.07) is 15.1. The van der Waals surface area contributed by atoms with Crippen molar-refractivity contribution in [2.45, 2.75) is 75.8 Å². The highest BCUT2D eigenvalue weighted by atomic mass is 35.5. The molecule has 3 atom stereocenters. The van der Waals surface area contributed by atoms with Crippen molar-refractivity contribution in [2.75, 3.05) is 44.7 Å². The van der Waals surface area contributed by atoms with Crippen LogP contribution in [0.25, 0.3) is 22.4 Å². The number of hydrogen-bond acceptors (Lipinski definition) is 10. The second kappa shape index (κ2) is 18.0. The van der Waals surface area contributed by atoms with Crippen molar-refractivity contribution in [3.8, 4) is 17.3 Å². The molecule has 20 heteroatoms. The van der Waals surface area contributed by atoms with E-state index in [4.69, 9.17) is 32.9 Å². The zero-order chi connectivity index (χ0) is 49.6. The molecule has 6 aromatic rings. The van der Waals surface area contributed by atoms with E-state index >= 15 is 0 Å². The molecule has 3 amide bonds. The van der Waals surface area contributed by atoms with Crippen molar-refractivity contribution in [3.63, 3.8) is 0 Å². The lowest BCUT2D eigenvalue weighted by molar-refractivity contribution is -0.130. The number of imidazole rings is 2. The molecular formula is C50H53Cl2N10O7Si. The molecule has 0 aliphatic carbocycles. The maximum Gasteiger partial charge on any atom is 0.329 e. The van der Waals surface area contributed by atoms with E-state index in [2.05, 4.69) is 25.4 Å². The number of rotatable bonds is 11. The van der Waals surface area contributed by atoms with Crippen LogP contribution in [-0.2, 0) is 30.5 Å². The highest BCUT2D eigenvalue weighted by Crippen LogP contribution is 2.48. The molecule has 8 heterocycles. The zero-order valence-corrected chi connectivity index (χ0v) is 42.1. The van der Waals surface area contributed by atoms with E-state index in [-0.39, 0.29) is 51.2 Å². The van der Waals surface area contributed by atoms with Gasteiger partial charge in [-0.1, -0.05) is 47.5 Å². The normalized spacial score (nSPS) is 21.2. The van der Waals surface area contributed by atoms with Gasteiger partial charge in [0.15, 0.2) is 5.69 Å². The van der Waals surface area contributed by atoms with E-state index in [0.717, 1.165) is 61.9 Å². The smallest absolute Gasteiger partial charge is 0.329 e. The Bertz CT molecular complexity index is 3220. The summed E-state index contributed by atoms with van der Waals surface area (Å²) in [6.45, 7) is 7.89. The Labute approximate surface area is 417 Å². The van der Waals surface area contributed by atoms with Crippen molar-refractivity contribution in [1.29, 1.82) is 0 Å². The number of benzene rings is 2. The number of aliphatic hydroxyl groups excluding tert-OH is 1. The van der Waals surface area contributed by atoms with Crippen LogP contribution in [0.3, 0.4) is 0 Å². The van der Waals surface area contributed by atoms with Crippen molar-refractivity contribution < 1.29 is 24.2 Å². The van der Waals surface area contributed by atoms with Gasteiger partial charge in [-0.25, -0.2) is 14.8 Å². The quantitative estimate of drug-likeness (QED) is 0.165. The minimum atomic E-state index is -1.45. The maximum atomic E-state index is 14.8. The summed E-state index contributed by atoms with van der Waals surface area (Å²) in [5, 5.41) is 11.8. The van der Waals surface area contributed by atoms with Crippen LogP contribution in [0.1, 0.15) is 95.7 Å². The van der Waals surface area contributed by atoms with Gasteiger partial charge in [0.05, 0.1) is 55.4 Å². The Morgan fingerprint density at radius 3 is 2.41 bits per heavy atom. The standard InChI is InChI=1S/C50H53Cl2N10O7Si/c1-28(2)60-41-39(47(67)62(37-23-33(52)25-56(3)46(37)66)50(41,70)31-11-13-32(51)14-12-31)55-42(60)34-22-30(24-53-44(34)69-5)45(65)59-26-49(27-59)17-20-58(21-18-49)19-7-9-29-8-6-10-35-40(29)57(4)48(68)61(35)36-15-16-38(63)54-43(36)64/h6,8,10-14,22-25,28,36,38,63H,7,9,15-21,26-27H2,1-5H3,(H,54,64)/t36?,38?,50-/m0/s1. The number of aliphatic hydroxyl groups is 1. The molecule has 2 N–H and O–H groups in total. The van der Waals surface area contributed by atoms with Crippen molar-refractivity contribution in [2.24, 2.45) is 19.5 Å². The van der Waals surface area contributed by atoms with Crippen molar-refractivity contribution in [1.82, 2.24) is 43.4 Å². The van der Waals surface area contributed by atoms with Crippen LogP contribution in [0, 0.1) is 5.41 Å². The number of para-hydroxylation sites is 1. The Morgan fingerprint density at radius 2 is 1.73 bits per heavy atom. The molecule has 17 nitrogen and oxygen atoms in total. The molecule has 1 spiro atoms. The van der Waals surface area contributed by atoms with Gasteiger partial charge in [-0.05, 0) is 113 Å². The van der Waals surface area contributed by atoms with E-state index in [0.29, 0.717) is 59.2 Å². The number of carbonyl (C=O) groups is 3. The number of aryl methyl sites for hydroxylation is 3. The molecule has 2 unspecified atom stereocenters. The van der Waals surface area contributed by atoms with Gasteiger partial charge in [0, 0.05) is 56.1 Å². The van der Waals surface area contributed by atoms with E-state index in [1.165, 1.54) is 35.0 Å². The number of fused-ring (bicyclic) bond motifs is 2. The molecule has 70 heavy (non-hydrogen) atoms. The fourth-order valence-corrected chi connectivity index (χ4v) is 12.1. The average Bonchev–Trinajstić information content (AvgIpc) is 3.92. The summed E-state index contributed by atoms with van der Waals surface area (Å²) < 4.78 is 12.2. The fraction of sp³-hybridized carbons (Fsp3) is 0.420. The van der Waals surface area contributed by atoms with Crippen LogP contribution in [0.2, 0.25) is 10.0 Å². The summed E-state index contributed by atoms with van der Waals surface area (Å²) >= 11 is 12.8. The molecule has 363 valence electrons. The largest absolute Gasteiger partial charge is 0.480 e. The molecular weight excluding hydrogens is 952 g/mol. The summed E-state index contributed by atoms with van der Waals surface area (Å²) in [7, 11) is 8.87. The highest BCUT2D eigenvalue weighted by Gasteiger charge is 2.54. The van der Waals surface area contributed by atoms with Gasteiger partial charge in [0.1, 0.15) is 23.8 Å². The maximum absolute atomic E-state index is 14.8. The van der Waals surface area contributed by atoms with Crippen molar-refractivity contribution >= 4 is 67.9 Å². The number of nitrogens with zero attached hydrogens (tertiary/aromatic N) is 9. The Balaban J connectivity index is 0.845. The van der Waals surface area contributed by atoms with Crippen LogP contribution in [0.15, 0.2) is 76.6 Å². The minimum Gasteiger partial charge on any atom is -0.480 e. The highest BCUT2D eigenvalue weighted by molar-refractivity contribution is 6.32. The van der Waals surface area contributed by atoms with Crippen LogP contribution < -0.4 is 26.2 Å². The first kappa shape index (κ1) is 47.6. The van der Waals surface area contributed by atoms with Gasteiger partial charge in [-0.15, -0.1) is 0 Å². The van der Waals surface area contributed by atoms with Gasteiger partial charge in [0.25, 0.3) is 17.4 Å². The topological polar surface area (TPSA) is 182 Å². The Morgan fingerprint density at radius 1 is 1.00 bits per heavy atom. The lowest BCUT2D eigenvalue weighted by Gasteiger charge is -2.54. The third kappa shape index (κ3) is 7.78. The van der Waals surface area contributed by atoms with Crippen LogP contribution in [0.5, 0.6) is 5.88 Å². The first-order chi connectivity index (χ1) is 33.4. The number of amides is 3. The third-order valence-electron chi connectivity index (χ3n) is 14.7. The van der Waals surface area contributed by atoms with Gasteiger partial charge in [0.2, 0.25) is 11.8 Å². The fourth-order valence-electron chi connectivity index (χ4n) is 11.1. The van der Waals surface area contributed by atoms with Crippen LogP contribution >= 0.6 is 23.2 Å². The molecule has 0 bridgehead atoms. The number of hydrogen-bond donors (Lipinski definition) is 2. The molecule has 3 radical (unpaired) electrons. The SMILES string of the molecule is COc1ncc(C(=O)N2CC3(CCN(CCCc4cccc5c4n(C)c(=O)n5C4CCC(O)NC4=O)CC3)C2)cc1-c1nc2c(n1C(C)C)[C@@]([Si])(c1ccc(Cl)cc1)N(c1cc(Cl)cn(C)c1=O)C2=O. The van der Waals surface area contributed by atoms with Crippen LogP contribution in [0.4, 0.5) is 5.69 Å². The number of likely N-dealkylation sites (tertiary alicyclic amines) is 2. The number of aromatic nitrogens is 6. The predicted octanol–water partition coefficient (Wildman–Crippen LogP) is 5.16. The second-order valence-corrected chi connectivity index (χ2v) is 21.0. The van der Waals surface area contributed by atoms with E-state index in [1.54, 1.807) is 53.6 Å². The number of ether oxygens (including phenoxy) is 1. The van der Waals surface area contributed by atoms with Crippen molar-refractivity contribution in [3.05, 3.63) is 126 Å². The number of methoxy groups -OCH3 is 1. The molecule has 4 aliphatic rings. The third-order valence-corrected chi connectivity index (χ3v) is 15.9. The molecule has 3 fully saturated rings. The molecule has 10 rings (SSSR count). The first-order valence-electron chi connectivity index (χ1n) is 23.5. The molecule has 4 aromatic heterocycles. The summed E-state index contributed by atoms with van der Waals surface area (Å²) in [5.74, 6) is -0.456. The average molecular weight is 1010 g/mol. The number of nitrogens with one attached hydrogen (secondary N) is 1. The monoisotopic (exact) mass is 1000 g/mol. The van der Waals surface area contributed by atoms with E-state index < -0.39 is 28.9 Å². The Hall–Kier alpha value is -6.05. The number of halogens is 2. The lowest BCUT2D eigenvalue weighted by atomic mass is 9.71. The van der Waals surface area contributed by atoms with Gasteiger partial charge < -0.3 is 34.1 Å². The summed E-state index contributed by atoms with van der Waals surface area (Å²) in [6.07, 6.45) is 6.45. The number of piperidine rings is 2. The van der Waals surface area contributed by atoms with Gasteiger partial charge in [-0.3, -0.25) is 33.2 Å². The molecule has 2 aromatic carbocycles. The van der Waals surface area contributed by atoms with Crippen LogP contribution in [-0.4, -0.2) is 117 Å². The molecule has 4 aliphatic heterocycles. The number of carbonyl (C=O) groups excluding carboxylic acids is 3. The molecule has 3 saturated heterocycles. The number of pyridine rings is 2. The Kier molecular flexibility index (Phi) is 12.2. The predicted molar refractivity (Wildman–Crippen MR) is 266 cm³/mol. The van der Waals surface area contributed by atoms with E-state index in [1.807, 2.05) is 41.5 Å². The summed E-state index contributed by atoms with van der Waals surface area (Å²) in [5.41, 5.74) is 3.95. The lowest BCUT2D eigenvalue weighted by Crippen LogP contribution is -2.61. The molecule has 0 saturated carbocycles. The van der Waals surface area contributed by atoms with Gasteiger partial charge in [-0.2, -0.15) is 0 Å². The minimum absolute atomic E-state index is 0.0225. The first-order valence-corrected chi connectivity index (χ1v) is 24.8. The van der Waals surface area contributed by atoms with E-state index in [9.17, 15) is 29.1 Å².